The van der Waals surface area contributed by atoms with Gasteiger partial charge in [0.1, 0.15) is 13.2 Å². The molecule has 0 saturated carbocycles. The monoisotopic (exact) mass is 207 g/mol. The van der Waals surface area contributed by atoms with E-state index in [1.54, 1.807) is 0 Å². The minimum atomic E-state index is 0.121. The van der Waals surface area contributed by atoms with Crippen molar-refractivity contribution in [1.29, 1.82) is 0 Å². The summed E-state index contributed by atoms with van der Waals surface area (Å²) >= 11 is 0. The molecule has 0 radical (unpaired) electrons. The first-order valence-electron chi connectivity index (χ1n) is 4.92. The maximum atomic E-state index is 7.11. The van der Waals surface area contributed by atoms with Crippen LogP contribution in [0.4, 0.5) is 0 Å². The quantitative estimate of drug-likeness (QED) is 0.650. The van der Waals surface area contributed by atoms with Gasteiger partial charge in [-0.1, -0.05) is 0 Å². The Kier molecular flexibility index (Phi) is 2.50. The van der Waals surface area contributed by atoms with Crippen LogP contribution in [0.3, 0.4) is 0 Å². The number of rotatable bonds is 1. The van der Waals surface area contributed by atoms with Crippen molar-refractivity contribution in [2.24, 2.45) is 4.99 Å². The van der Waals surface area contributed by atoms with E-state index in [9.17, 15) is 0 Å². The summed E-state index contributed by atoms with van der Waals surface area (Å²) in [6.07, 6.45) is 0. The average molecular weight is 207 g/mol. The van der Waals surface area contributed by atoms with Crippen LogP contribution in [-0.4, -0.2) is 31.2 Å². The van der Waals surface area contributed by atoms with Crippen molar-refractivity contribution >= 4 is 5.90 Å². The first kappa shape index (κ1) is 9.84. The molecule has 1 N–H and O–H groups in total. The highest BCUT2D eigenvalue weighted by Crippen LogP contribution is 2.18. The van der Waals surface area contributed by atoms with Gasteiger partial charge in [-0.3, -0.25) is 4.99 Å². The van der Waals surface area contributed by atoms with Crippen molar-refractivity contribution < 1.29 is 9.47 Å². The van der Waals surface area contributed by atoms with Gasteiger partial charge < -0.3 is 14.8 Å². The average Bonchev–Trinajstić information content (AvgIpc) is 2.78. The summed E-state index contributed by atoms with van der Waals surface area (Å²) in [6.45, 7) is 12.2. The standard InChI is InChI=1S/C10H13N3O2/c1-6-4-14-9(12-6)8(11-3)10-13-7(2)5-15-10/h6-7,12H,4-5H2,1-2H3/b9-8-/t6-,7-/m1/s1. The molecule has 15 heavy (non-hydrogen) atoms. The summed E-state index contributed by atoms with van der Waals surface area (Å²) in [5.74, 6) is 0.888. The molecule has 1 fully saturated rings. The Morgan fingerprint density at radius 3 is 2.73 bits per heavy atom. The smallest absolute Gasteiger partial charge is 0.303 e. The molecule has 2 aliphatic rings. The third kappa shape index (κ3) is 1.89. The highest BCUT2D eigenvalue weighted by molar-refractivity contribution is 5.96. The van der Waals surface area contributed by atoms with Crippen molar-refractivity contribution in [1.82, 2.24) is 5.32 Å². The van der Waals surface area contributed by atoms with E-state index >= 15 is 0 Å². The van der Waals surface area contributed by atoms with Crippen LogP contribution in [-0.2, 0) is 9.47 Å². The molecule has 2 rings (SSSR count). The van der Waals surface area contributed by atoms with Crippen molar-refractivity contribution in [3.8, 4) is 0 Å². The third-order valence-corrected chi connectivity index (χ3v) is 2.18. The Balaban J connectivity index is 2.25. The fourth-order valence-electron chi connectivity index (χ4n) is 1.45. The summed E-state index contributed by atoms with van der Waals surface area (Å²) < 4.78 is 10.7. The molecule has 0 aromatic heterocycles. The minimum Gasteiger partial charge on any atom is -0.486 e. The van der Waals surface area contributed by atoms with Crippen molar-refractivity contribution in [2.75, 3.05) is 13.2 Å². The zero-order valence-electron chi connectivity index (χ0n) is 8.78. The molecule has 2 atom stereocenters. The Morgan fingerprint density at radius 1 is 1.47 bits per heavy atom. The van der Waals surface area contributed by atoms with E-state index in [1.807, 2.05) is 13.8 Å². The molecule has 0 bridgehead atoms. The highest BCUT2D eigenvalue weighted by Gasteiger charge is 2.27. The molecule has 2 heterocycles. The molecule has 5 heteroatoms. The van der Waals surface area contributed by atoms with E-state index in [0.29, 0.717) is 30.7 Å². The molecule has 1 saturated heterocycles. The summed E-state index contributed by atoms with van der Waals surface area (Å²) in [4.78, 5) is 7.64. The molecule has 0 amide bonds. The molecular formula is C10H13N3O2. The third-order valence-electron chi connectivity index (χ3n) is 2.18. The lowest BCUT2D eigenvalue weighted by Gasteiger charge is -2.04. The van der Waals surface area contributed by atoms with Crippen LogP contribution in [0, 0.1) is 6.57 Å². The van der Waals surface area contributed by atoms with Gasteiger partial charge in [-0.05, 0) is 13.8 Å². The summed E-state index contributed by atoms with van der Waals surface area (Å²) in [5, 5.41) is 3.08. The van der Waals surface area contributed by atoms with Gasteiger partial charge in [0.25, 0.3) is 0 Å². The minimum absolute atomic E-state index is 0.121. The molecule has 0 unspecified atom stereocenters. The number of aliphatic imine (C=N–C) groups is 1. The van der Waals surface area contributed by atoms with Crippen LogP contribution in [0.1, 0.15) is 13.8 Å². The molecule has 2 aliphatic heterocycles. The van der Waals surface area contributed by atoms with E-state index < -0.39 is 0 Å². The normalized spacial score (nSPS) is 32.2. The summed E-state index contributed by atoms with van der Waals surface area (Å²) in [6, 6.07) is 0.354. The second-order valence-corrected chi connectivity index (χ2v) is 3.74. The summed E-state index contributed by atoms with van der Waals surface area (Å²) in [7, 11) is 0. The largest absolute Gasteiger partial charge is 0.486 e. The highest BCUT2D eigenvalue weighted by atomic mass is 16.5. The lowest BCUT2D eigenvalue weighted by molar-refractivity contribution is 0.253. The molecule has 0 aromatic rings. The van der Waals surface area contributed by atoms with E-state index in [2.05, 4.69) is 15.2 Å². The van der Waals surface area contributed by atoms with E-state index in [4.69, 9.17) is 16.0 Å². The van der Waals surface area contributed by atoms with Crippen molar-refractivity contribution in [2.45, 2.75) is 25.9 Å². The predicted molar refractivity (Wildman–Crippen MR) is 55.0 cm³/mol. The van der Waals surface area contributed by atoms with Crippen LogP contribution in [0.2, 0.25) is 0 Å². The summed E-state index contributed by atoms with van der Waals surface area (Å²) in [5.41, 5.74) is 0.351. The van der Waals surface area contributed by atoms with E-state index in [0.717, 1.165) is 0 Å². The first-order valence-corrected chi connectivity index (χ1v) is 4.92. The van der Waals surface area contributed by atoms with E-state index in [-0.39, 0.29) is 12.1 Å². The van der Waals surface area contributed by atoms with Crippen molar-refractivity contribution in [3.63, 3.8) is 0 Å². The Labute approximate surface area is 88.6 Å². The maximum Gasteiger partial charge on any atom is 0.303 e. The Hall–Kier alpha value is -1.70. The van der Waals surface area contributed by atoms with E-state index in [1.165, 1.54) is 0 Å². The Bertz CT molecular complexity index is 367. The van der Waals surface area contributed by atoms with Crippen LogP contribution in [0.5, 0.6) is 0 Å². The first-order chi connectivity index (χ1) is 7.20. The number of nitrogens with zero attached hydrogens (tertiary/aromatic N) is 2. The fraction of sp³-hybridized carbons (Fsp3) is 0.600. The lowest BCUT2D eigenvalue weighted by Crippen LogP contribution is -2.19. The second-order valence-electron chi connectivity index (χ2n) is 3.74. The zero-order chi connectivity index (χ0) is 10.8. The second kappa shape index (κ2) is 3.81. The number of hydrogen-bond acceptors (Lipinski definition) is 4. The topological polar surface area (TPSA) is 47.2 Å². The molecular weight excluding hydrogens is 194 g/mol. The molecule has 80 valence electrons. The molecule has 0 spiro atoms. The zero-order valence-corrected chi connectivity index (χ0v) is 8.78. The van der Waals surface area contributed by atoms with Gasteiger partial charge in [0, 0.05) is 0 Å². The van der Waals surface area contributed by atoms with Gasteiger partial charge in [0.05, 0.1) is 18.7 Å². The fourth-order valence-corrected chi connectivity index (χ4v) is 1.45. The van der Waals surface area contributed by atoms with Crippen molar-refractivity contribution in [3.05, 3.63) is 23.0 Å². The van der Waals surface area contributed by atoms with Crippen LogP contribution in [0.15, 0.2) is 16.6 Å². The van der Waals surface area contributed by atoms with Gasteiger partial charge >= 0.3 is 5.70 Å². The Morgan fingerprint density at radius 2 is 2.27 bits per heavy atom. The number of ether oxygens (including phenoxy) is 2. The molecule has 5 nitrogen and oxygen atoms in total. The molecule has 0 aliphatic carbocycles. The van der Waals surface area contributed by atoms with Gasteiger partial charge in [-0.15, -0.1) is 0 Å². The predicted octanol–water partition coefficient (Wildman–Crippen LogP) is 0.900. The molecule has 0 aromatic carbocycles. The SMILES string of the molecule is [C-]#[N+]/C(C1=N[C@H](C)CO1)=C1/N[C@H](C)CO1. The van der Waals surface area contributed by atoms with Crippen LogP contribution in [0.25, 0.3) is 4.85 Å². The van der Waals surface area contributed by atoms with Gasteiger partial charge in [0.15, 0.2) is 5.88 Å². The van der Waals surface area contributed by atoms with Gasteiger partial charge in [-0.2, -0.15) is 0 Å². The van der Waals surface area contributed by atoms with Crippen LogP contribution >= 0.6 is 0 Å². The lowest BCUT2D eigenvalue weighted by atomic mass is 10.4. The van der Waals surface area contributed by atoms with Gasteiger partial charge in [-0.25, -0.2) is 4.85 Å². The number of hydrogen-bond donors (Lipinski definition) is 1. The maximum absolute atomic E-state index is 7.11. The van der Waals surface area contributed by atoms with Crippen LogP contribution < -0.4 is 5.32 Å². The van der Waals surface area contributed by atoms with Gasteiger partial charge in [0.2, 0.25) is 5.90 Å². The number of nitrogens with one attached hydrogen (secondary N) is 1.